The molecule has 0 radical (unpaired) electrons. The zero-order valence-electron chi connectivity index (χ0n) is 10.8. The number of nitrogen functional groups attached to an aromatic ring is 1. The predicted molar refractivity (Wildman–Crippen MR) is 73.4 cm³/mol. The van der Waals surface area contributed by atoms with Gasteiger partial charge in [-0.15, -0.1) is 0 Å². The molecular formula is C14H17N3O. The van der Waals surface area contributed by atoms with Crippen molar-refractivity contribution in [1.29, 1.82) is 5.41 Å². The fourth-order valence-corrected chi connectivity index (χ4v) is 1.87. The molecule has 0 saturated carbocycles. The fourth-order valence-electron chi connectivity index (χ4n) is 1.87. The first-order valence-electron chi connectivity index (χ1n) is 5.86. The van der Waals surface area contributed by atoms with Crippen LogP contribution in [-0.4, -0.2) is 17.9 Å². The van der Waals surface area contributed by atoms with Crippen LogP contribution in [0.3, 0.4) is 0 Å². The Balaban J connectivity index is 2.77. The van der Waals surface area contributed by atoms with Gasteiger partial charge in [0.1, 0.15) is 11.6 Å². The summed E-state index contributed by atoms with van der Waals surface area (Å²) in [6.45, 7) is 4.14. The molecule has 0 saturated heterocycles. The second-order valence-electron chi connectivity index (χ2n) is 4.55. The summed E-state index contributed by atoms with van der Waals surface area (Å²) in [4.78, 5) is 4.59. The number of aromatic nitrogens is 1. The first-order valence-corrected chi connectivity index (χ1v) is 5.86. The molecule has 0 aliphatic heterocycles. The van der Waals surface area contributed by atoms with E-state index in [0.29, 0.717) is 11.5 Å². The molecular weight excluding hydrogens is 226 g/mol. The van der Waals surface area contributed by atoms with E-state index in [-0.39, 0.29) is 5.84 Å². The third-order valence-electron chi connectivity index (χ3n) is 2.92. The van der Waals surface area contributed by atoms with E-state index in [9.17, 15) is 0 Å². The van der Waals surface area contributed by atoms with E-state index >= 15 is 0 Å². The van der Waals surface area contributed by atoms with E-state index in [1.807, 2.05) is 24.3 Å². The summed E-state index contributed by atoms with van der Waals surface area (Å²) in [6.07, 6.45) is 0. The minimum Gasteiger partial charge on any atom is -0.497 e. The average molecular weight is 243 g/mol. The minimum atomic E-state index is 0.0533. The van der Waals surface area contributed by atoms with Crippen molar-refractivity contribution >= 4 is 16.7 Å². The summed E-state index contributed by atoms with van der Waals surface area (Å²) >= 11 is 0. The van der Waals surface area contributed by atoms with Crippen LogP contribution in [0.2, 0.25) is 0 Å². The number of pyridine rings is 1. The molecule has 4 heteroatoms. The summed E-state index contributed by atoms with van der Waals surface area (Å²) in [6, 6.07) is 7.51. The maximum absolute atomic E-state index is 7.69. The Labute approximate surface area is 106 Å². The second-order valence-corrected chi connectivity index (χ2v) is 4.55. The Morgan fingerprint density at radius 3 is 2.61 bits per heavy atom. The number of nitrogens with two attached hydrogens (primary N) is 1. The van der Waals surface area contributed by atoms with Crippen molar-refractivity contribution in [3.63, 3.8) is 0 Å². The van der Waals surface area contributed by atoms with Crippen LogP contribution in [0.1, 0.15) is 31.0 Å². The lowest BCUT2D eigenvalue weighted by atomic mass is 10.0. The van der Waals surface area contributed by atoms with Crippen molar-refractivity contribution in [2.75, 3.05) is 7.11 Å². The normalized spacial score (nSPS) is 10.9. The van der Waals surface area contributed by atoms with Crippen molar-refractivity contribution in [1.82, 2.24) is 4.98 Å². The number of amidine groups is 1. The van der Waals surface area contributed by atoms with Gasteiger partial charge in [-0.2, -0.15) is 0 Å². The van der Waals surface area contributed by atoms with Gasteiger partial charge in [-0.05, 0) is 30.2 Å². The van der Waals surface area contributed by atoms with Crippen LogP contribution in [0.15, 0.2) is 24.3 Å². The van der Waals surface area contributed by atoms with Crippen LogP contribution in [0, 0.1) is 5.41 Å². The highest BCUT2D eigenvalue weighted by Crippen LogP contribution is 2.25. The third-order valence-corrected chi connectivity index (χ3v) is 2.92. The van der Waals surface area contributed by atoms with Gasteiger partial charge in [0.2, 0.25) is 0 Å². The summed E-state index contributed by atoms with van der Waals surface area (Å²) in [5, 5.41) is 8.54. The molecule has 2 rings (SSSR count). The molecule has 2 aromatic rings. The lowest BCUT2D eigenvalue weighted by molar-refractivity contribution is 0.415. The molecule has 18 heavy (non-hydrogen) atoms. The molecule has 4 nitrogen and oxygen atoms in total. The van der Waals surface area contributed by atoms with Crippen LogP contribution in [-0.2, 0) is 0 Å². The number of rotatable bonds is 3. The highest BCUT2D eigenvalue weighted by atomic mass is 16.5. The molecule has 0 bridgehead atoms. The van der Waals surface area contributed by atoms with Crippen LogP contribution >= 0.6 is 0 Å². The molecule has 0 unspecified atom stereocenters. The van der Waals surface area contributed by atoms with Crippen molar-refractivity contribution in [3.05, 3.63) is 35.5 Å². The van der Waals surface area contributed by atoms with E-state index in [0.717, 1.165) is 22.3 Å². The van der Waals surface area contributed by atoms with Gasteiger partial charge < -0.3 is 10.5 Å². The number of nitrogens with one attached hydrogen (secondary N) is 1. The SMILES string of the molecule is COc1ccc2nc(C(C)C)cc(C(=N)N)c2c1. The number of ether oxygens (including phenoxy) is 1. The molecule has 1 heterocycles. The molecule has 1 aromatic heterocycles. The minimum absolute atomic E-state index is 0.0533. The Morgan fingerprint density at radius 2 is 2.06 bits per heavy atom. The number of hydrogen-bond donors (Lipinski definition) is 2. The van der Waals surface area contributed by atoms with Gasteiger partial charge in [0.25, 0.3) is 0 Å². The zero-order valence-corrected chi connectivity index (χ0v) is 10.8. The van der Waals surface area contributed by atoms with E-state index in [1.54, 1.807) is 7.11 Å². The largest absolute Gasteiger partial charge is 0.497 e. The third kappa shape index (κ3) is 2.14. The van der Waals surface area contributed by atoms with E-state index in [2.05, 4.69) is 18.8 Å². The Morgan fingerprint density at radius 1 is 1.33 bits per heavy atom. The Kier molecular flexibility index (Phi) is 3.19. The monoisotopic (exact) mass is 243 g/mol. The molecule has 94 valence electrons. The molecule has 0 aliphatic rings. The summed E-state index contributed by atoms with van der Waals surface area (Å²) in [5.74, 6) is 1.09. The van der Waals surface area contributed by atoms with E-state index in [1.165, 1.54) is 0 Å². The van der Waals surface area contributed by atoms with Gasteiger partial charge in [-0.25, -0.2) is 0 Å². The Bertz CT molecular complexity index is 605. The molecule has 3 N–H and O–H groups in total. The number of methoxy groups -OCH3 is 1. The maximum atomic E-state index is 7.69. The van der Waals surface area contributed by atoms with Gasteiger partial charge in [0, 0.05) is 16.6 Å². The van der Waals surface area contributed by atoms with Crippen LogP contribution < -0.4 is 10.5 Å². The average Bonchev–Trinajstić information content (AvgIpc) is 2.36. The van der Waals surface area contributed by atoms with Crippen molar-refractivity contribution in [3.8, 4) is 5.75 Å². The summed E-state index contributed by atoms with van der Waals surface area (Å²) in [5.41, 5.74) is 8.15. The Hall–Kier alpha value is -2.10. The first kappa shape index (κ1) is 12.4. The molecule has 0 spiro atoms. The van der Waals surface area contributed by atoms with Gasteiger partial charge in [-0.3, -0.25) is 10.4 Å². The number of hydrogen-bond acceptors (Lipinski definition) is 3. The zero-order chi connectivity index (χ0) is 13.3. The van der Waals surface area contributed by atoms with Crippen molar-refractivity contribution in [2.24, 2.45) is 5.73 Å². The van der Waals surface area contributed by atoms with Gasteiger partial charge in [0.15, 0.2) is 0 Å². The maximum Gasteiger partial charge on any atom is 0.123 e. The topological polar surface area (TPSA) is 72.0 Å². The van der Waals surface area contributed by atoms with Crippen molar-refractivity contribution in [2.45, 2.75) is 19.8 Å². The second kappa shape index (κ2) is 4.64. The molecule has 0 amide bonds. The highest BCUT2D eigenvalue weighted by Gasteiger charge is 2.11. The fraction of sp³-hybridized carbons (Fsp3) is 0.286. The standard InChI is InChI=1S/C14H17N3O/c1-8(2)13-7-11(14(15)16)10-6-9(18-3)4-5-12(10)17-13/h4-8H,1-3H3,(H3,15,16). The van der Waals surface area contributed by atoms with Gasteiger partial charge >= 0.3 is 0 Å². The van der Waals surface area contributed by atoms with E-state index in [4.69, 9.17) is 15.9 Å². The highest BCUT2D eigenvalue weighted by molar-refractivity contribution is 6.07. The van der Waals surface area contributed by atoms with Gasteiger partial charge in [-0.1, -0.05) is 13.8 Å². The van der Waals surface area contributed by atoms with E-state index < -0.39 is 0 Å². The smallest absolute Gasteiger partial charge is 0.123 e. The van der Waals surface area contributed by atoms with Crippen molar-refractivity contribution < 1.29 is 4.74 Å². The quantitative estimate of drug-likeness (QED) is 0.643. The molecule has 1 aromatic carbocycles. The lowest BCUT2D eigenvalue weighted by Crippen LogP contribution is -2.13. The molecule has 0 aliphatic carbocycles. The van der Waals surface area contributed by atoms with Crippen LogP contribution in [0.25, 0.3) is 10.9 Å². The lowest BCUT2D eigenvalue weighted by Gasteiger charge is -2.11. The molecule has 0 atom stereocenters. The summed E-state index contributed by atoms with van der Waals surface area (Å²) in [7, 11) is 1.62. The first-order chi connectivity index (χ1) is 8.52. The summed E-state index contributed by atoms with van der Waals surface area (Å²) < 4.78 is 5.20. The van der Waals surface area contributed by atoms with Gasteiger partial charge in [0.05, 0.1) is 12.6 Å². The number of fused-ring (bicyclic) bond motifs is 1. The van der Waals surface area contributed by atoms with Crippen LogP contribution in [0.5, 0.6) is 5.75 Å². The molecule has 0 fully saturated rings. The van der Waals surface area contributed by atoms with Crippen LogP contribution in [0.4, 0.5) is 0 Å². The number of nitrogens with zero attached hydrogens (tertiary/aromatic N) is 1. The predicted octanol–water partition coefficient (Wildman–Crippen LogP) is 2.65. The number of benzene rings is 1.